The largest absolute Gasteiger partial charge is 2.00 e. The Hall–Kier alpha value is 0.0603. The van der Waals surface area contributed by atoms with Crippen LogP contribution in [0.5, 0.6) is 0 Å². The number of carboxylic acids is 2. The number of carbonyl (C=O) groups excluding carboxylic acids is 2. The molecule has 0 aliphatic rings. The molecule has 0 heterocycles. The zero-order valence-corrected chi connectivity index (χ0v) is 12.0. The molecule has 0 unspecified atom stereocenters. The van der Waals surface area contributed by atoms with Crippen molar-refractivity contribution in [1.29, 1.82) is 0 Å². The summed E-state index contributed by atoms with van der Waals surface area (Å²) in [5.41, 5.74) is -1.72. The summed E-state index contributed by atoms with van der Waals surface area (Å²) in [6.45, 7) is 0. The summed E-state index contributed by atoms with van der Waals surface area (Å²) < 4.78 is 0. The van der Waals surface area contributed by atoms with Gasteiger partial charge in [0.15, 0.2) is 0 Å². The minimum Gasteiger partial charge on any atom is -0.545 e. The Bertz CT molecular complexity index is 458. The molecule has 95 valence electrons. The van der Waals surface area contributed by atoms with E-state index in [2.05, 4.69) is 0 Å². The second kappa shape index (κ2) is 6.29. The van der Waals surface area contributed by atoms with Crippen molar-refractivity contribution >= 4 is 58.3 Å². The van der Waals surface area contributed by atoms with Gasteiger partial charge in [0, 0.05) is 11.1 Å². The van der Waals surface area contributed by atoms with Crippen molar-refractivity contribution in [2.75, 3.05) is 0 Å². The standard InChI is InChI=1S/C8H2Cl4O4.Ag/c9-3-1(7(13)14)2(8(15)16)4(10)6(12)5(3)11;/h(H,13,14)(H,15,16);/q;+2/p-2. The molecule has 0 bridgehead atoms. The van der Waals surface area contributed by atoms with Crippen LogP contribution in [0.25, 0.3) is 0 Å². The summed E-state index contributed by atoms with van der Waals surface area (Å²) in [6, 6.07) is 0. The molecular weight excluding hydrogens is 410 g/mol. The van der Waals surface area contributed by atoms with Gasteiger partial charge < -0.3 is 19.8 Å². The van der Waals surface area contributed by atoms with Gasteiger partial charge in [-0.25, -0.2) is 0 Å². The van der Waals surface area contributed by atoms with Crippen molar-refractivity contribution in [2.24, 2.45) is 0 Å². The number of aromatic carboxylic acids is 2. The first-order valence-corrected chi connectivity index (χ1v) is 5.08. The Morgan fingerprint density at radius 3 is 1.12 bits per heavy atom. The fourth-order valence-corrected chi connectivity index (χ4v) is 2.02. The number of halogens is 4. The van der Waals surface area contributed by atoms with Gasteiger partial charge in [-0.05, 0) is 0 Å². The van der Waals surface area contributed by atoms with Gasteiger partial charge in [-0.3, -0.25) is 0 Å². The molecule has 1 rings (SSSR count). The normalized spacial score (nSPS) is 9.65. The van der Waals surface area contributed by atoms with E-state index < -0.39 is 33.1 Å². The van der Waals surface area contributed by atoms with E-state index in [9.17, 15) is 19.8 Å². The van der Waals surface area contributed by atoms with Gasteiger partial charge in [0.2, 0.25) is 0 Å². The first-order valence-electron chi connectivity index (χ1n) is 3.57. The van der Waals surface area contributed by atoms with Crippen molar-refractivity contribution in [2.45, 2.75) is 0 Å². The maximum absolute atomic E-state index is 10.7. The first kappa shape index (κ1) is 17.1. The van der Waals surface area contributed by atoms with Crippen LogP contribution in [0.2, 0.25) is 20.1 Å². The molecule has 0 aliphatic carbocycles. The summed E-state index contributed by atoms with van der Waals surface area (Å²) in [6.07, 6.45) is 0. The third kappa shape index (κ3) is 3.09. The number of rotatable bonds is 2. The van der Waals surface area contributed by atoms with E-state index in [0.717, 1.165) is 0 Å². The summed E-state index contributed by atoms with van der Waals surface area (Å²) in [4.78, 5) is 21.4. The molecule has 0 aromatic heterocycles. The van der Waals surface area contributed by atoms with Crippen LogP contribution in [0.1, 0.15) is 20.7 Å². The van der Waals surface area contributed by atoms with Crippen LogP contribution in [0, 0.1) is 0 Å². The summed E-state index contributed by atoms with van der Waals surface area (Å²) in [5.74, 6) is -3.69. The number of carboxylic acid groups (broad SMARTS) is 2. The summed E-state index contributed by atoms with van der Waals surface area (Å²) in [5, 5.41) is 19.6. The van der Waals surface area contributed by atoms with Crippen molar-refractivity contribution < 1.29 is 42.2 Å². The molecule has 0 aliphatic heterocycles. The predicted octanol–water partition coefficient (Wildman–Crippen LogP) is 1.02. The van der Waals surface area contributed by atoms with Crippen LogP contribution in [-0.4, -0.2) is 11.9 Å². The topological polar surface area (TPSA) is 80.3 Å². The Morgan fingerprint density at radius 2 is 0.941 bits per heavy atom. The van der Waals surface area contributed by atoms with Gasteiger partial charge >= 0.3 is 22.4 Å². The molecule has 0 atom stereocenters. The van der Waals surface area contributed by atoms with Crippen molar-refractivity contribution in [1.82, 2.24) is 0 Å². The molecular formula is C8AgCl4O4. The quantitative estimate of drug-likeness (QED) is 0.415. The molecule has 1 aromatic carbocycles. The van der Waals surface area contributed by atoms with Gasteiger partial charge in [0.25, 0.3) is 0 Å². The fraction of sp³-hybridized carbons (Fsp3) is 0. The Balaban J connectivity index is 0.00000256. The Morgan fingerprint density at radius 1 is 0.706 bits per heavy atom. The van der Waals surface area contributed by atoms with Crippen molar-refractivity contribution in [3.05, 3.63) is 31.2 Å². The zero-order valence-electron chi connectivity index (χ0n) is 7.45. The van der Waals surface area contributed by atoms with Crippen molar-refractivity contribution in [3.63, 3.8) is 0 Å². The maximum atomic E-state index is 10.7. The maximum Gasteiger partial charge on any atom is 2.00 e. The molecule has 17 heavy (non-hydrogen) atoms. The number of hydrogen-bond acceptors (Lipinski definition) is 4. The predicted molar refractivity (Wildman–Crippen MR) is 55.1 cm³/mol. The number of hydrogen-bond donors (Lipinski definition) is 0. The molecule has 0 spiro atoms. The molecule has 0 amide bonds. The van der Waals surface area contributed by atoms with Crippen molar-refractivity contribution in [3.8, 4) is 0 Å². The van der Waals surface area contributed by atoms with Crippen LogP contribution in [0.15, 0.2) is 0 Å². The fourth-order valence-electron chi connectivity index (χ4n) is 1.02. The summed E-state index contributed by atoms with van der Waals surface area (Å²) in [7, 11) is 0. The first-order chi connectivity index (χ1) is 7.29. The van der Waals surface area contributed by atoms with Crippen LogP contribution < -0.4 is 10.2 Å². The van der Waals surface area contributed by atoms with Gasteiger partial charge in [-0.1, -0.05) is 46.4 Å². The second-order valence-corrected chi connectivity index (χ2v) is 4.09. The van der Waals surface area contributed by atoms with E-state index in [0.29, 0.717) is 0 Å². The molecule has 4 nitrogen and oxygen atoms in total. The van der Waals surface area contributed by atoms with Gasteiger partial charge in [0.05, 0.1) is 32.0 Å². The minimum atomic E-state index is -1.84. The van der Waals surface area contributed by atoms with Crippen LogP contribution in [-0.2, 0) is 22.4 Å². The van der Waals surface area contributed by atoms with Crippen LogP contribution in [0.3, 0.4) is 0 Å². The third-order valence-electron chi connectivity index (χ3n) is 1.68. The Labute approximate surface area is 131 Å². The van der Waals surface area contributed by atoms with E-state index >= 15 is 0 Å². The van der Waals surface area contributed by atoms with Crippen LogP contribution >= 0.6 is 46.4 Å². The Kier molecular flexibility index (Phi) is 6.31. The third-order valence-corrected chi connectivity index (χ3v) is 3.48. The molecule has 1 aromatic rings. The zero-order chi connectivity index (χ0) is 12.6. The van der Waals surface area contributed by atoms with E-state index in [1.165, 1.54) is 0 Å². The number of carbonyl (C=O) groups is 2. The minimum absolute atomic E-state index is 0. The monoisotopic (exact) mass is 407 g/mol. The second-order valence-electron chi connectivity index (χ2n) is 2.58. The average Bonchev–Trinajstić information content (AvgIpc) is 2.18. The smallest absolute Gasteiger partial charge is 0.545 e. The number of benzene rings is 1. The molecule has 0 fully saturated rings. The average molecular weight is 410 g/mol. The van der Waals surface area contributed by atoms with Crippen LogP contribution in [0.4, 0.5) is 0 Å². The summed E-state index contributed by atoms with van der Waals surface area (Å²) >= 11 is 22.2. The van der Waals surface area contributed by atoms with E-state index in [-0.39, 0.29) is 32.4 Å². The molecule has 0 saturated carbocycles. The van der Waals surface area contributed by atoms with Gasteiger partial charge in [-0.2, -0.15) is 0 Å². The van der Waals surface area contributed by atoms with Gasteiger partial charge in [0.1, 0.15) is 0 Å². The molecule has 1 radical (unpaired) electrons. The molecule has 9 heteroatoms. The van der Waals surface area contributed by atoms with E-state index in [4.69, 9.17) is 46.4 Å². The van der Waals surface area contributed by atoms with E-state index in [1.54, 1.807) is 0 Å². The molecule has 0 saturated heterocycles. The van der Waals surface area contributed by atoms with E-state index in [1.807, 2.05) is 0 Å². The SMILES string of the molecule is O=C([O-])c1c(Cl)c(Cl)c(Cl)c(Cl)c1C(=O)[O-].[Ag+2]. The van der Waals surface area contributed by atoms with Gasteiger partial charge in [-0.15, -0.1) is 0 Å². The molecule has 0 N–H and O–H groups in total.